The molecule has 1 heterocycles. The lowest BCUT2D eigenvalue weighted by Crippen LogP contribution is -2.21. The van der Waals surface area contributed by atoms with E-state index in [-0.39, 0.29) is 18.1 Å². The molecule has 150 valence electrons. The Kier molecular flexibility index (Phi) is 6.20. The summed E-state index contributed by atoms with van der Waals surface area (Å²) in [5, 5.41) is 14.1. The van der Waals surface area contributed by atoms with Crippen LogP contribution in [0.4, 0.5) is 11.4 Å². The van der Waals surface area contributed by atoms with Gasteiger partial charge in [0.2, 0.25) is 5.91 Å². The Morgan fingerprint density at radius 2 is 1.69 bits per heavy atom. The highest BCUT2D eigenvalue weighted by atomic mass is 35.5. The molecule has 0 aliphatic carbocycles. The first kappa shape index (κ1) is 20.8. The van der Waals surface area contributed by atoms with Crippen LogP contribution < -0.4 is 10.6 Å². The number of nitrogens with zero attached hydrogens (tertiary/aromatic N) is 3. The van der Waals surface area contributed by atoms with Gasteiger partial charge in [-0.3, -0.25) is 9.59 Å². The minimum absolute atomic E-state index is 0.0628. The number of halogens is 2. The molecule has 0 radical (unpaired) electrons. The summed E-state index contributed by atoms with van der Waals surface area (Å²) in [6.07, 6.45) is 0. The molecule has 3 aromatic rings. The summed E-state index contributed by atoms with van der Waals surface area (Å²) >= 11 is 11.8. The van der Waals surface area contributed by atoms with Gasteiger partial charge in [0.15, 0.2) is 5.69 Å². The van der Waals surface area contributed by atoms with Crippen LogP contribution in [0.15, 0.2) is 36.4 Å². The Labute approximate surface area is 178 Å². The molecule has 3 rings (SSSR count). The number of aromatic nitrogens is 3. The largest absolute Gasteiger partial charge is 0.324 e. The van der Waals surface area contributed by atoms with Gasteiger partial charge in [-0.25, -0.2) is 4.68 Å². The monoisotopic (exact) mass is 431 g/mol. The Hall–Kier alpha value is -2.90. The first-order valence-electron chi connectivity index (χ1n) is 8.79. The van der Waals surface area contributed by atoms with E-state index in [0.717, 1.165) is 16.8 Å². The van der Waals surface area contributed by atoms with E-state index in [4.69, 9.17) is 23.2 Å². The summed E-state index contributed by atoms with van der Waals surface area (Å²) in [6, 6.07) is 10.5. The molecule has 7 nitrogen and oxygen atoms in total. The fourth-order valence-electron chi connectivity index (χ4n) is 2.81. The van der Waals surface area contributed by atoms with Gasteiger partial charge in [-0.15, -0.1) is 5.10 Å². The molecule has 0 spiro atoms. The summed E-state index contributed by atoms with van der Waals surface area (Å²) in [5.41, 5.74) is 3.78. The molecule has 0 fully saturated rings. The van der Waals surface area contributed by atoms with Crippen LogP contribution in [0.2, 0.25) is 10.0 Å². The number of aryl methyl sites for hydroxylation is 2. The molecule has 2 N–H and O–H groups in total. The van der Waals surface area contributed by atoms with Crippen LogP contribution in [0, 0.1) is 20.8 Å². The van der Waals surface area contributed by atoms with Crippen molar-refractivity contribution in [3.8, 4) is 0 Å². The molecule has 0 unspecified atom stereocenters. The van der Waals surface area contributed by atoms with Gasteiger partial charge in [-0.2, -0.15) is 0 Å². The standard InChI is InChI=1S/C20H19Cl2N5O2/c1-11-5-4-6-12(2)18(11)24-17(28)10-27-13(3)19(25-26-27)20(29)23-14-7-8-15(21)16(22)9-14/h4-9H,10H2,1-3H3,(H,23,29)(H,24,28). The highest BCUT2D eigenvalue weighted by molar-refractivity contribution is 6.42. The molecule has 0 saturated heterocycles. The molecule has 9 heteroatoms. The van der Waals surface area contributed by atoms with Crippen LogP contribution in [-0.2, 0) is 11.3 Å². The highest BCUT2D eigenvalue weighted by Gasteiger charge is 2.19. The third kappa shape index (κ3) is 4.75. The van der Waals surface area contributed by atoms with E-state index >= 15 is 0 Å². The van der Waals surface area contributed by atoms with Gasteiger partial charge < -0.3 is 10.6 Å². The smallest absolute Gasteiger partial charge is 0.278 e. The first-order valence-corrected chi connectivity index (χ1v) is 9.54. The lowest BCUT2D eigenvalue weighted by atomic mass is 10.1. The highest BCUT2D eigenvalue weighted by Crippen LogP contribution is 2.25. The van der Waals surface area contributed by atoms with E-state index < -0.39 is 5.91 Å². The fraction of sp³-hybridized carbons (Fsp3) is 0.200. The van der Waals surface area contributed by atoms with E-state index in [1.165, 1.54) is 4.68 Å². The summed E-state index contributed by atoms with van der Waals surface area (Å²) in [4.78, 5) is 25.0. The quantitative estimate of drug-likeness (QED) is 0.626. The number of hydrogen-bond donors (Lipinski definition) is 2. The number of amides is 2. The zero-order chi connectivity index (χ0) is 21.1. The number of anilines is 2. The van der Waals surface area contributed by atoms with Crippen LogP contribution in [0.5, 0.6) is 0 Å². The molecule has 2 aromatic carbocycles. The molecular formula is C20H19Cl2N5O2. The molecule has 0 saturated carbocycles. The number of carbonyl (C=O) groups excluding carboxylic acids is 2. The van der Waals surface area contributed by atoms with Crippen molar-refractivity contribution in [1.29, 1.82) is 0 Å². The van der Waals surface area contributed by atoms with Crippen molar-refractivity contribution >= 4 is 46.4 Å². The predicted molar refractivity (Wildman–Crippen MR) is 114 cm³/mol. The number of hydrogen-bond acceptors (Lipinski definition) is 4. The maximum Gasteiger partial charge on any atom is 0.278 e. The van der Waals surface area contributed by atoms with E-state index in [0.29, 0.717) is 21.4 Å². The Bertz CT molecular complexity index is 1070. The van der Waals surface area contributed by atoms with Gasteiger partial charge in [0.1, 0.15) is 6.54 Å². The van der Waals surface area contributed by atoms with Crippen LogP contribution >= 0.6 is 23.2 Å². The second kappa shape index (κ2) is 8.63. The number of benzene rings is 2. The number of nitrogens with one attached hydrogen (secondary N) is 2. The summed E-state index contributed by atoms with van der Waals surface area (Å²) < 4.78 is 1.38. The topological polar surface area (TPSA) is 88.9 Å². The summed E-state index contributed by atoms with van der Waals surface area (Å²) in [6.45, 7) is 5.46. The Morgan fingerprint density at radius 1 is 1.00 bits per heavy atom. The SMILES string of the molecule is Cc1cccc(C)c1NC(=O)Cn1nnc(C(=O)Nc2ccc(Cl)c(Cl)c2)c1C. The van der Waals surface area contributed by atoms with Gasteiger partial charge in [0.05, 0.1) is 15.7 Å². The molecule has 0 aliphatic heterocycles. The van der Waals surface area contributed by atoms with Gasteiger partial charge in [0.25, 0.3) is 5.91 Å². The van der Waals surface area contributed by atoms with Crippen molar-refractivity contribution in [2.45, 2.75) is 27.3 Å². The molecule has 29 heavy (non-hydrogen) atoms. The number of carbonyl (C=O) groups is 2. The zero-order valence-electron chi connectivity index (χ0n) is 16.1. The van der Waals surface area contributed by atoms with Gasteiger partial charge >= 0.3 is 0 Å². The van der Waals surface area contributed by atoms with Crippen LogP contribution in [0.25, 0.3) is 0 Å². The normalized spacial score (nSPS) is 10.7. The second-order valence-electron chi connectivity index (χ2n) is 6.58. The summed E-state index contributed by atoms with van der Waals surface area (Å²) in [5.74, 6) is -0.714. The van der Waals surface area contributed by atoms with Crippen molar-refractivity contribution in [1.82, 2.24) is 15.0 Å². The molecule has 0 bridgehead atoms. The van der Waals surface area contributed by atoms with Crippen molar-refractivity contribution in [3.63, 3.8) is 0 Å². The van der Waals surface area contributed by atoms with E-state index in [9.17, 15) is 9.59 Å². The lowest BCUT2D eigenvalue weighted by molar-refractivity contribution is -0.117. The maximum absolute atomic E-state index is 12.5. The second-order valence-corrected chi connectivity index (χ2v) is 7.39. The fourth-order valence-corrected chi connectivity index (χ4v) is 3.11. The zero-order valence-corrected chi connectivity index (χ0v) is 17.6. The average Bonchev–Trinajstić information content (AvgIpc) is 3.02. The minimum atomic E-state index is -0.456. The van der Waals surface area contributed by atoms with Crippen LogP contribution in [0.3, 0.4) is 0 Å². The van der Waals surface area contributed by atoms with Gasteiger partial charge in [-0.1, -0.05) is 46.6 Å². The molecule has 0 aliphatic rings. The van der Waals surface area contributed by atoms with E-state index in [2.05, 4.69) is 20.9 Å². The van der Waals surface area contributed by atoms with Crippen LogP contribution in [-0.4, -0.2) is 26.8 Å². The lowest BCUT2D eigenvalue weighted by Gasteiger charge is -2.11. The first-order chi connectivity index (χ1) is 13.8. The van der Waals surface area contributed by atoms with Gasteiger partial charge in [0, 0.05) is 11.4 Å². The van der Waals surface area contributed by atoms with Crippen molar-refractivity contribution in [3.05, 3.63) is 69.0 Å². The molecular weight excluding hydrogens is 413 g/mol. The minimum Gasteiger partial charge on any atom is -0.324 e. The number of para-hydroxylation sites is 1. The van der Waals surface area contributed by atoms with Gasteiger partial charge in [-0.05, 0) is 50.1 Å². The van der Waals surface area contributed by atoms with Crippen molar-refractivity contribution in [2.24, 2.45) is 0 Å². The van der Waals surface area contributed by atoms with Crippen molar-refractivity contribution < 1.29 is 9.59 Å². The average molecular weight is 432 g/mol. The van der Waals surface area contributed by atoms with E-state index in [1.807, 2.05) is 32.0 Å². The predicted octanol–water partition coefficient (Wildman–Crippen LogP) is 4.40. The maximum atomic E-state index is 12.5. The van der Waals surface area contributed by atoms with Crippen molar-refractivity contribution in [2.75, 3.05) is 10.6 Å². The number of rotatable bonds is 5. The Balaban J connectivity index is 1.70. The van der Waals surface area contributed by atoms with E-state index in [1.54, 1.807) is 25.1 Å². The molecule has 0 atom stereocenters. The Morgan fingerprint density at radius 3 is 2.34 bits per heavy atom. The molecule has 1 aromatic heterocycles. The summed E-state index contributed by atoms with van der Waals surface area (Å²) in [7, 11) is 0. The third-order valence-electron chi connectivity index (χ3n) is 4.41. The van der Waals surface area contributed by atoms with Crippen LogP contribution in [0.1, 0.15) is 27.3 Å². The third-order valence-corrected chi connectivity index (χ3v) is 5.15. The molecule has 2 amide bonds.